The number of ketones is 2. The molecular weight excluding hydrogens is 336 g/mol. The maximum Gasteiger partial charge on any atom is 0.173 e. The molecule has 0 spiro atoms. The van der Waals surface area contributed by atoms with Gasteiger partial charge in [0, 0.05) is 12.0 Å². The van der Waals surface area contributed by atoms with E-state index in [1.54, 1.807) is 0 Å². The van der Waals surface area contributed by atoms with E-state index in [0.717, 1.165) is 18.4 Å². The van der Waals surface area contributed by atoms with Gasteiger partial charge in [0.1, 0.15) is 11.9 Å². The fourth-order valence-corrected chi connectivity index (χ4v) is 4.59. The highest BCUT2D eigenvalue weighted by Gasteiger charge is 2.41. The Hall–Kier alpha value is -2.42. The first-order valence-electron chi connectivity index (χ1n) is 10.1. The summed E-state index contributed by atoms with van der Waals surface area (Å²) in [4.78, 5) is 25.8. The van der Waals surface area contributed by atoms with Gasteiger partial charge in [-0.25, -0.2) is 0 Å². The molecule has 3 nitrogen and oxygen atoms in total. The third-order valence-corrected chi connectivity index (χ3v) is 6.04. The molecule has 2 aliphatic rings. The number of carbonyl (C=O) groups is 2. The molecule has 0 saturated heterocycles. The van der Waals surface area contributed by atoms with Crippen molar-refractivity contribution in [3.8, 4) is 5.75 Å². The molecule has 1 aliphatic carbocycles. The van der Waals surface area contributed by atoms with Crippen LogP contribution in [0.5, 0.6) is 5.75 Å². The molecule has 1 saturated carbocycles. The third-order valence-electron chi connectivity index (χ3n) is 6.04. The molecular formula is C24H26O3. The molecule has 140 valence electrons. The number of hydrogen-bond donors (Lipinski definition) is 0. The molecule has 2 atom stereocenters. The van der Waals surface area contributed by atoms with Crippen LogP contribution in [0.2, 0.25) is 0 Å². The summed E-state index contributed by atoms with van der Waals surface area (Å²) in [6.07, 6.45) is 6.75. The molecule has 0 aromatic heterocycles. The number of para-hydroxylation sites is 1. The molecule has 1 heterocycles. The van der Waals surface area contributed by atoms with Crippen LogP contribution in [0.1, 0.15) is 65.7 Å². The largest absolute Gasteiger partial charge is 0.489 e. The average molecular weight is 362 g/mol. The second-order valence-corrected chi connectivity index (χ2v) is 7.78. The molecule has 2 aromatic rings. The molecule has 27 heavy (non-hydrogen) atoms. The van der Waals surface area contributed by atoms with E-state index in [4.69, 9.17) is 4.74 Å². The Morgan fingerprint density at radius 1 is 0.926 bits per heavy atom. The van der Waals surface area contributed by atoms with Gasteiger partial charge in [-0.05, 0) is 37.3 Å². The zero-order chi connectivity index (χ0) is 18.6. The van der Waals surface area contributed by atoms with Gasteiger partial charge in [0.2, 0.25) is 0 Å². The Morgan fingerprint density at radius 3 is 2.41 bits per heavy atom. The number of rotatable bonds is 5. The number of ether oxygens (including phenoxy) is 1. The van der Waals surface area contributed by atoms with Gasteiger partial charge in [0.25, 0.3) is 0 Å². The van der Waals surface area contributed by atoms with Crippen molar-refractivity contribution >= 4 is 11.6 Å². The molecule has 2 aromatic carbocycles. The molecule has 3 heteroatoms. The summed E-state index contributed by atoms with van der Waals surface area (Å²) in [5.41, 5.74) is 1.39. The van der Waals surface area contributed by atoms with Crippen LogP contribution < -0.4 is 4.74 Å². The average Bonchev–Trinajstić information content (AvgIpc) is 2.74. The summed E-state index contributed by atoms with van der Waals surface area (Å²) in [6, 6.07) is 16.9. The van der Waals surface area contributed by atoms with E-state index in [0.29, 0.717) is 30.1 Å². The van der Waals surface area contributed by atoms with Crippen LogP contribution in [-0.4, -0.2) is 17.7 Å². The quantitative estimate of drug-likeness (QED) is 0.661. The number of carbonyl (C=O) groups excluding carboxylic acids is 2. The van der Waals surface area contributed by atoms with E-state index < -0.39 is 0 Å². The standard InChI is InChI=1S/C24H26O3/c25-21(17-9-3-1-4-10-17)16-15-20-23(26)19-13-7-8-14-22(19)27-24(20)18-11-5-2-6-12-18/h1,3-4,7-10,13-14,18,20,24H,2,5-6,11-12,15-16H2. The van der Waals surface area contributed by atoms with Crippen molar-refractivity contribution in [1.82, 2.24) is 0 Å². The summed E-state index contributed by atoms with van der Waals surface area (Å²) in [5.74, 6) is 1.14. The number of fused-ring (bicyclic) bond motifs is 1. The summed E-state index contributed by atoms with van der Waals surface area (Å²) < 4.78 is 6.36. The normalized spacial score (nSPS) is 22.7. The summed E-state index contributed by atoms with van der Waals surface area (Å²) >= 11 is 0. The molecule has 0 radical (unpaired) electrons. The molecule has 4 rings (SSSR count). The number of benzene rings is 2. The molecule has 0 amide bonds. The lowest BCUT2D eigenvalue weighted by molar-refractivity contribution is 0.0325. The minimum Gasteiger partial charge on any atom is -0.489 e. The van der Waals surface area contributed by atoms with Gasteiger partial charge in [-0.2, -0.15) is 0 Å². The monoisotopic (exact) mass is 362 g/mol. The van der Waals surface area contributed by atoms with Gasteiger partial charge in [-0.3, -0.25) is 9.59 Å². The van der Waals surface area contributed by atoms with Crippen LogP contribution in [-0.2, 0) is 0 Å². The molecule has 2 unspecified atom stereocenters. The number of Topliss-reactive ketones (excluding diaryl/α,β-unsaturated/α-hetero) is 2. The highest BCUT2D eigenvalue weighted by Crippen LogP contribution is 2.40. The minimum atomic E-state index is -0.226. The first kappa shape index (κ1) is 18.0. The Bertz CT molecular complexity index is 805. The van der Waals surface area contributed by atoms with E-state index in [2.05, 4.69) is 0 Å². The fraction of sp³-hybridized carbons (Fsp3) is 0.417. The molecule has 1 aliphatic heterocycles. The molecule has 0 N–H and O–H groups in total. The summed E-state index contributed by atoms with van der Waals surface area (Å²) in [5, 5.41) is 0. The van der Waals surface area contributed by atoms with E-state index in [-0.39, 0.29) is 23.6 Å². The maximum absolute atomic E-state index is 13.2. The van der Waals surface area contributed by atoms with E-state index in [9.17, 15) is 9.59 Å². The van der Waals surface area contributed by atoms with Gasteiger partial charge in [-0.15, -0.1) is 0 Å². The van der Waals surface area contributed by atoms with E-state index >= 15 is 0 Å². The van der Waals surface area contributed by atoms with Crippen LogP contribution in [0.3, 0.4) is 0 Å². The predicted octanol–water partition coefficient (Wildman–Crippen LogP) is 5.49. The van der Waals surface area contributed by atoms with Crippen LogP contribution >= 0.6 is 0 Å². The molecule has 1 fully saturated rings. The fourth-order valence-electron chi connectivity index (χ4n) is 4.59. The van der Waals surface area contributed by atoms with Crippen molar-refractivity contribution in [2.24, 2.45) is 11.8 Å². The van der Waals surface area contributed by atoms with Crippen molar-refractivity contribution < 1.29 is 14.3 Å². The topological polar surface area (TPSA) is 43.4 Å². The van der Waals surface area contributed by atoms with E-state index in [1.807, 2.05) is 54.6 Å². The van der Waals surface area contributed by atoms with Gasteiger partial charge in [0.05, 0.1) is 11.5 Å². The van der Waals surface area contributed by atoms with Gasteiger partial charge in [0.15, 0.2) is 11.6 Å². The lowest BCUT2D eigenvalue weighted by Gasteiger charge is -2.39. The Balaban J connectivity index is 1.55. The highest BCUT2D eigenvalue weighted by molar-refractivity contribution is 6.02. The van der Waals surface area contributed by atoms with Crippen molar-refractivity contribution in [1.29, 1.82) is 0 Å². The lowest BCUT2D eigenvalue weighted by Crippen LogP contribution is -2.43. The lowest BCUT2D eigenvalue weighted by atomic mass is 9.75. The smallest absolute Gasteiger partial charge is 0.173 e. The van der Waals surface area contributed by atoms with Crippen molar-refractivity contribution in [3.63, 3.8) is 0 Å². The second kappa shape index (κ2) is 8.08. The maximum atomic E-state index is 13.2. The third kappa shape index (κ3) is 3.83. The van der Waals surface area contributed by atoms with Crippen LogP contribution in [0.4, 0.5) is 0 Å². The minimum absolute atomic E-state index is 0.101. The SMILES string of the molecule is O=C(CCC1C(=O)c2ccccc2OC1C1CCCCC1)c1ccccc1. The van der Waals surface area contributed by atoms with Crippen molar-refractivity contribution in [2.75, 3.05) is 0 Å². The van der Waals surface area contributed by atoms with Gasteiger partial charge in [-0.1, -0.05) is 61.7 Å². The zero-order valence-electron chi connectivity index (χ0n) is 15.6. The van der Waals surface area contributed by atoms with Crippen molar-refractivity contribution in [3.05, 3.63) is 65.7 Å². The van der Waals surface area contributed by atoms with Gasteiger partial charge >= 0.3 is 0 Å². The summed E-state index contributed by atoms with van der Waals surface area (Å²) in [6.45, 7) is 0. The highest BCUT2D eigenvalue weighted by atomic mass is 16.5. The van der Waals surface area contributed by atoms with Gasteiger partial charge < -0.3 is 4.74 Å². The van der Waals surface area contributed by atoms with E-state index in [1.165, 1.54) is 19.3 Å². The van der Waals surface area contributed by atoms with Crippen LogP contribution in [0.15, 0.2) is 54.6 Å². The Labute approximate surface area is 160 Å². The second-order valence-electron chi connectivity index (χ2n) is 7.78. The molecule has 0 bridgehead atoms. The van der Waals surface area contributed by atoms with Crippen LogP contribution in [0, 0.1) is 11.8 Å². The predicted molar refractivity (Wildman–Crippen MR) is 105 cm³/mol. The zero-order valence-corrected chi connectivity index (χ0v) is 15.6. The van der Waals surface area contributed by atoms with Crippen molar-refractivity contribution in [2.45, 2.75) is 51.0 Å². The van der Waals surface area contributed by atoms with Crippen LogP contribution in [0.25, 0.3) is 0 Å². The Morgan fingerprint density at radius 2 is 1.63 bits per heavy atom. The Kier molecular flexibility index (Phi) is 5.38. The number of hydrogen-bond acceptors (Lipinski definition) is 3. The first-order valence-corrected chi connectivity index (χ1v) is 10.1. The first-order chi connectivity index (χ1) is 13.2. The summed E-state index contributed by atoms with van der Waals surface area (Å²) in [7, 11) is 0.